The minimum Gasteiger partial charge on any atom is -0.316 e. The van der Waals surface area contributed by atoms with Gasteiger partial charge in [0.2, 0.25) is 0 Å². The van der Waals surface area contributed by atoms with Crippen LogP contribution in [0.25, 0.3) is 0 Å². The molecule has 0 aromatic carbocycles. The molecule has 1 aliphatic rings. The molecule has 1 N–H and O–H groups in total. The third kappa shape index (κ3) is 3.24. The van der Waals surface area contributed by atoms with Crippen molar-refractivity contribution in [1.29, 1.82) is 0 Å². The van der Waals surface area contributed by atoms with Crippen LogP contribution in [0.4, 0.5) is 0 Å². The first-order chi connectivity index (χ1) is 9.15. The summed E-state index contributed by atoms with van der Waals surface area (Å²) >= 11 is 0. The van der Waals surface area contributed by atoms with Crippen molar-refractivity contribution in [2.45, 2.75) is 46.1 Å². The zero-order valence-electron chi connectivity index (χ0n) is 12.2. The van der Waals surface area contributed by atoms with Crippen molar-refractivity contribution in [3.05, 3.63) is 18.0 Å². The van der Waals surface area contributed by atoms with Crippen LogP contribution in [0.5, 0.6) is 0 Å². The third-order valence-electron chi connectivity index (χ3n) is 4.27. The van der Waals surface area contributed by atoms with E-state index in [1.807, 2.05) is 16.9 Å². The zero-order valence-corrected chi connectivity index (χ0v) is 12.2. The first-order valence-corrected chi connectivity index (χ1v) is 7.43. The first kappa shape index (κ1) is 14.3. The van der Waals surface area contributed by atoms with Gasteiger partial charge >= 0.3 is 0 Å². The standard InChI is InChI=1S/C15H25N3O/c1-4-13(5-2)18-7-6-12(17-18)8-15(19)14-10-16-9-11(14)3/h6-7,11,13-14,16H,4-5,8-10H2,1-3H3. The van der Waals surface area contributed by atoms with Crippen LogP contribution in [-0.2, 0) is 11.2 Å². The molecule has 4 nitrogen and oxygen atoms in total. The molecule has 1 aromatic rings. The van der Waals surface area contributed by atoms with E-state index < -0.39 is 0 Å². The monoisotopic (exact) mass is 263 g/mol. The molecule has 2 heterocycles. The maximum Gasteiger partial charge on any atom is 0.143 e. The van der Waals surface area contributed by atoms with E-state index in [0.717, 1.165) is 31.6 Å². The van der Waals surface area contributed by atoms with E-state index in [-0.39, 0.29) is 5.92 Å². The van der Waals surface area contributed by atoms with Crippen molar-refractivity contribution in [2.75, 3.05) is 13.1 Å². The highest BCUT2D eigenvalue weighted by atomic mass is 16.1. The fourth-order valence-electron chi connectivity index (χ4n) is 2.89. The molecular weight excluding hydrogens is 238 g/mol. The van der Waals surface area contributed by atoms with Crippen LogP contribution < -0.4 is 5.32 Å². The van der Waals surface area contributed by atoms with Gasteiger partial charge < -0.3 is 5.32 Å². The van der Waals surface area contributed by atoms with Gasteiger partial charge in [-0.15, -0.1) is 0 Å². The number of nitrogens with zero attached hydrogens (tertiary/aromatic N) is 2. The second kappa shape index (κ2) is 6.33. The van der Waals surface area contributed by atoms with Crippen LogP contribution >= 0.6 is 0 Å². The lowest BCUT2D eigenvalue weighted by atomic mass is 9.91. The molecule has 0 bridgehead atoms. The maximum atomic E-state index is 12.3. The van der Waals surface area contributed by atoms with E-state index in [2.05, 4.69) is 31.2 Å². The SMILES string of the molecule is CCC(CC)n1ccc(CC(=O)C2CNCC2C)n1. The van der Waals surface area contributed by atoms with Gasteiger partial charge in [0.05, 0.1) is 18.2 Å². The predicted octanol–water partition coefficient (Wildman–Crippen LogP) is 2.21. The van der Waals surface area contributed by atoms with Crippen molar-refractivity contribution in [3.63, 3.8) is 0 Å². The minimum absolute atomic E-state index is 0.165. The molecule has 2 unspecified atom stereocenters. The second-order valence-corrected chi connectivity index (χ2v) is 5.64. The summed E-state index contributed by atoms with van der Waals surface area (Å²) in [4.78, 5) is 12.3. The highest BCUT2D eigenvalue weighted by Gasteiger charge is 2.29. The molecule has 2 rings (SSSR count). The summed E-state index contributed by atoms with van der Waals surface area (Å²) in [5.74, 6) is 0.944. The van der Waals surface area contributed by atoms with Crippen LogP contribution in [0.2, 0.25) is 0 Å². The Morgan fingerprint density at radius 3 is 2.79 bits per heavy atom. The van der Waals surface area contributed by atoms with E-state index in [4.69, 9.17) is 0 Å². The molecule has 1 fully saturated rings. The Kier molecular flexibility index (Phi) is 4.75. The maximum absolute atomic E-state index is 12.3. The van der Waals surface area contributed by atoms with Crippen molar-refractivity contribution < 1.29 is 4.79 Å². The third-order valence-corrected chi connectivity index (χ3v) is 4.27. The second-order valence-electron chi connectivity index (χ2n) is 5.64. The van der Waals surface area contributed by atoms with Crippen molar-refractivity contribution in [2.24, 2.45) is 11.8 Å². The lowest BCUT2D eigenvalue weighted by Crippen LogP contribution is -2.23. The van der Waals surface area contributed by atoms with E-state index >= 15 is 0 Å². The molecule has 0 spiro atoms. The average Bonchev–Trinajstić information content (AvgIpc) is 3.00. The number of aromatic nitrogens is 2. The molecule has 0 radical (unpaired) electrons. The predicted molar refractivity (Wildman–Crippen MR) is 76.1 cm³/mol. The van der Waals surface area contributed by atoms with E-state index in [1.165, 1.54) is 0 Å². The van der Waals surface area contributed by atoms with Gasteiger partial charge in [0, 0.05) is 18.7 Å². The number of ketones is 1. The fourth-order valence-corrected chi connectivity index (χ4v) is 2.89. The number of carbonyl (C=O) groups excluding carboxylic acids is 1. The fraction of sp³-hybridized carbons (Fsp3) is 0.733. The molecule has 0 amide bonds. The van der Waals surface area contributed by atoms with Crippen LogP contribution in [0.15, 0.2) is 12.3 Å². The van der Waals surface area contributed by atoms with Gasteiger partial charge in [0.25, 0.3) is 0 Å². The summed E-state index contributed by atoms with van der Waals surface area (Å²) < 4.78 is 2.01. The number of hydrogen-bond donors (Lipinski definition) is 1. The molecular formula is C15H25N3O. The summed E-state index contributed by atoms with van der Waals surface area (Å²) in [5.41, 5.74) is 0.913. The number of nitrogens with one attached hydrogen (secondary N) is 1. The molecule has 2 atom stereocenters. The Hall–Kier alpha value is -1.16. The van der Waals surface area contributed by atoms with Crippen LogP contribution in [-0.4, -0.2) is 28.7 Å². The highest BCUT2D eigenvalue weighted by molar-refractivity contribution is 5.83. The van der Waals surface area contributed by atoms with Gasteiger partial charge in [-0.3, -0.25) is 9.48 Å². The molecule has 19 heavy (non-hydrogen) atoms. The Morgan fingerprint density at radius 2 is 2.21 bits per heavy atom. The quantitative estimate of drug-likeness (QED) is 0.856. The molecule has 1 saturated heterocycles. The molecule has 1 aromatic heterocycles. The van der Waals surface area contributed by atoms with Gasteiger partial charge in [0.1, 0.15) is 5.78 Å². The first-order valence-electron chi connectivity index (χ1n) is 7.43. The Morgan fingerprint density at radius 1 is 1.47 bits per heavy atom. The summed E-state index contributed by atoms with van der Waals surface area (Å²) in [6, 6.07) is 2.44. The molecule has 4 heteroatoms. The van der Waals surface area contributed by atoms with Crippen LogP contribution in [0.1, 0.15) is 45.3 Å². The van der Waals surface area contributed by atoms with Crippen LogP contribution in [0, 0.1) is 11.8 Å². The summed E-state index contributed by atoms with van der Waals surface area (Å²) in [6.07, 6.45) is 4.64. The number of carbonyl (C=O) groups is 1. The summed E-state index contributed by atoms with van der Waals surface area (Å²) in [5, 5.41) is 7.85. The van der Waals surface area contributed by atoms with Gasteiger partial charge in [-0.1, -0.05) is 20.8 Å². The Bertz CT molecular complexity index is 423. The van der Waals surface area contributed by atoms with Gasteiger partial charge in [-0.05, 0) is 31.4 Å². The lowest BCUT2D eigenvalue weighted by Gasteiger charge is -2.13. The number of hydrogen-bond acceptors (Lipinski definition) is 3. The van der Waals surface area contributed by atoms with E-state index in [0.29, 0.717) is 24.2 Å². The average molecular weight is 263 g/mol. The van der Waals surface area contributed by atoms with E-state index in [1.54, 1.807) is 0 Å². The zero-order chi connectivity index (χ0) is 13.8. The van der Waals surface area contributed by atoms with Gasteiger partial charge in [-0.2, -0.15) is 5.10 Å². The lowest BCUT2D eigenvalue weighted by molar-refractivity contribution is -0.122. The topological polar surface area (TPSA) is 46.9 Å². The van der Waals surface area contributed by atoms with Crippen molar-refractivity contribution in [1.82, 2.24) is 15.1 Å². The molecule has 106 valence electrons. The number of Topliss-reactive ketones (excluding diaryl/α,β-unsaturated/α-hetero) is 1. The molecule has 0 saturated carbocycles. The number of rotatable bonds is 6. The Labute approximate surface area is 115 Å². The minimum atomic E-state index is 0.165. The van der Waals surface area contributed by atoms with Crippen LogP contribution in [0.3, 0.4) is 0 Å². The van der Waals surface area contributed by atoms with Crippen molar-refractivity contribution in [3.8, 4) is 0 Å². The summed E-state index contributed by atoms with van der Waals surface area (Å²) in [7, 11) is 0. The normalized spacial score (nSPS) is 23.2. The largest absolute Gasteiger partial charge is 0.316 e. The highest BCUT2D eigenvalue weighted by Crippen LogP contribution is 2.19. The smallest absolute Gasteiger partial charge is 0.143 e. The van der Waals surface area contributed by atoms with Gasteiger partial charge in [0.15, 0.2) is 0 Å². The molecule has 1 aliphatic heterocycles. The van der Waals surface area contributed by atoms with Crippen molar-refractivity contribution >= 4 is 5.78 Å². The van der Waals surface area contributed by atoms with E-state index in [9.17, 15) is 4.79 Å². The molecule has 0 aliphatic carbocycles. The Balaban J connectivity index is 1.98. The summed E-state index contributed by atoms with van der Waals surface area (Å²) in [6.45, 7) is 8.27. The van der Waals surface area contributed by atoms with Gasteiger partial charge in [-0.25, -0.2) is 0 Å².